The standard InChI is InChI=1S/C14H19NO5S2/c1-3-8-15-13-9-21(16,17)10-14(13)22(18,19)12-6-4-11(20-2)5-7-12/h3-7,13-15H,1,8-10H2,2H3. The lowest BCUT2D eigenvalue weighted by molar-refractivity contribution is 0.414. The van der Waals surface area contributed by atoms with Crippen LogP contribution in [0.5, 0.6) is 5.75 Å². The largest absolute Gasteiger partial charge is 0.497 e. The summed E-state index contributed by atoms with van der Waals surface area (Å²) in [6, 6.07) is 5.33. The van der Waals surface area contributed by atoms with Gasteiger partial charge in [-0.05, 0) is 24.3 Å². The quantitative estimate of drug-likeness (QED) is 0.751. The summed E-state index contributed by atoms with van der Waals surface area (Å²) < 4.78 is 54.1. The molecule has 122 valence electrons. The lowest BCUT2D eigenvalue weighted by Gasteiger charge is -2.19. The Bertz CT molecular complexity index is 738. The van der Waals surface area contributed by atoms with E-state index >= 15 is 0 Å². The molecule has 2 unspecified atom stereocenters. The van der Waals surface area contributed by atoms with Crippen LogP contribution in [0, 0.1) is 0 Å². The maximum Gasteiger partial charge on any atom is 0.183 e. The number of sulfone groups is 2. The maximum atomic E-state index is 12.7. The fourth-order valence-corrected chi connectivity index (χ4v) is 7.20. The van der Waals surface area contributed by atoms with Crippen molar-refractivity contribution in [3.63, 3.8) is 0 Å². The summed E-state index contributed by atoms with van der Waals surface area (Å²) in [5, 5.41) is 1.94. The summed E-state index contributed by atoms with van der Waals surface area (Å²) in [6.07, 6.45) is 1.57. The van der Waals surface area contributed by atoms with Gasteiger partial charge in [0.05, 0.1) is 28.8 Å². The molecule has 6 nitrogen and oxygen atoms in total. The summed E-state index contributed by atoms with van der Waals surface area (Å²) in [6.45, 7) is 3.90. The van der Waals surface area contributed by atoms with Gasteiger partial charge in [-0.15, -0.1) is 6.58 Å². The van der Waals surface area contributed by atoms with E-state index in [9.17, 15) is 16.8 Å². The normalized spacial score (nSPS) is 24.0. The van der Waals surface area contributed by atoms with Gasteiger partial charge in [-0.2, -0.15) is 0 Å². The van der Waals surface area contributed by atoms with Gasteiger partial charge in [0.1, 0.15) is 5.75 Å². The molecule has 0 radical (unpaired) electrons. The third kappa shape index (κ3) is 3.50. The number of hydrogen-bond donors (Lipinski definition) is 1. The topological polar surface area (TPSA) is 89.5 Å². The Morgan fingerprint density at radius 3 is 2.50 bits per heavy atom. The molecule has 0 aliphatic carbocycles. The van der Waals surface area contributed by atoms with Crippen molar-refractivity contribution >= 4 is 19.7 Å². The average molecular weight is 345 g/mol. The van der Waals surface area contributed by atoms with Crippen LogP contribution in [0.15, 0.2) is 41.8 Å². The minimum absolute atomic E-state index is 0.0980. The summed E-state index contributed by atoms with van der Waals surface area (Å²) in [4.78, 5) is 0.0980. The lowest BCUT2D eigenvalue weighted by atomic mass is 10.2. The van der Waals surface area contributed by atoms with E-state index in [0.29, 0.717) is 12.3 Å². The lowest BCUT2D eigenvalue weighted by Crippen LogP contribution is -2.43. The highest BCUT2D eigenvalue weighted by atomic mass is 32.2. The predicted octanol–water partition coefficient (Wildman–Crippen LogP) is 0.410. The van der Waals surface area contributed by atoms with Gasteiger partial charge in [-0.3, -0.25) is 0 Å². The van der Waals surface area contributed by atoms with Crippen molar-refractivity contribution in [1.82, 2.24) is 5.32 Å². The van der Waals surface area contributed by atoms with Crippen molar-refractivity contribution in [2.24, 2.45) is 0 Å². The van der Waals surface area contributed by atoms with Crippen molar-refractivity contribution in [1.29, 1.82) is 0 Å². The van der Waals surface area contributed by atoms with E-state index in [1.54, 1.807) is 18.2 Å². The molecular formula is C14H19NO5S2. The van der Waals surface area contributed by atoms with Gasteiger partial charge in [0, 0.05) is 12.6 Å². The zero-order valence-corrected chi connectivity index (χ0v) is 13.9. The van der Waals surface area contributed by atoms with Gasteiger partial charge in [0.15, 0.2) is 19.7 Å². The van der Waals surface area contributed by atoms with Crippen molar-refractivity contribution in [3.05, 3.63) is 36.9 Å². The number of ether oxygens (including phenoxy) is 1. The van der Waals surface area contributed by atoms with Gasteiger partial charge < -0.3 is 10.1 Å². The Balaban J connectivity index is 2.34. The van der Waals surface area contributed by atoms with E-state index in [0.717, 1.165) is 0 Å². The van der Waals surface area contributed by atoms with E-state index in [1.165, 1.54) is 19.2 Å². The number of rotatable bonds is 6. The van der Waals surface area contributed by atoms with Gasteiger partial charge in [0.2, 0.25) is 0 Å². The van der Waals surface area contributed by atoms with Crippen molar-refractivity contribution in [2.75, 3.05) is 25.2 Å². The smallest absolute Gasteiger partial charge is 0.183 e. The second kappa shape index (κ2) is 6.39. The SMILES string of the molecule is C=CCNC1CS(=O)(=O)CC1S(=O)(=O)c1ccc(OC)cc1. The Morgan fingerprint density at radius 1 is 1.32 bits per heavy atom. The highest BCUT2D eigenvalue weighted by Crippen LogP contribution is 2.27. The maximum absolute atomic E-state index is 12.7. The molecule has 0 spiro atoms. The van der Waals surface area contributed by atoms with E-state index in [-0.39, 0.29) is 16.4 Å². The van der Waals surface area contributed by atoms with Gasteiger partial charge >= 0.3 is 0 Å². The monoisotopic (exact) mass is 345 g/mol. The summed E-state index contributed by atoms with van der Waals surface area (Å²) in [5.41, 5.74) is 0. The third-order valence-corrected chi connectivity index (χ3v) is 7.78. The van der Waals surface area contributed by atoms with Crippen LogP contribution in [0.4, 0.5) is 0 Å². The molecule has 1 aromatic carbocycles. The van der Waals surface area contributed by atoms with Crippen LogP contribution < -0.4 is 10.1 Å². The average Bonchev–Trinajstić information content (AvgIpc) is 2.81. The van der Waals surface area contributed by atoms with Crippen LogP contribution in [0.1, 0.15) is 0 Å². The van der Waals surface area contributed by atoms with Crippen LogP contribution in [0.2, 0.25) is 0 Å². The second-order valence-corrected chi connectivity index (χ2v) is 9.46. The predicted molar refractivity (Wildman–Crippen MR) is 84.6 cm³/mol. The van der Waals surface area contributed by atoms with Gasteiger partial charge in [-0.25, -0.2) is 16.8 Å². The van der Waals surface area contributed by atoms with Gasteiger partial charge in [0.25, 0.3) is 0 Å². The molecule has 0 saturated carbocycles. The molecule has 1 heterocycles. The molecule has 1 aliphatic rings. The van der Waals surface area contributed by atoms with E-state index in [1.807, 2.05) is 0 Å². The number of benzene rings is 1. The van der Waals surface area contributed by atoms with Gasteiger partial charge in [-0.1, -0.05) is 6.08 Å². The second-order valence-electron chi connectivity index (χ2n) is 5.14. The molecule has 1 fully saturated rings. The molecule has 1 N–H and O–H groups in total. The first-order valence-electron chi connectivity index (χ1n) is 6.73. The Labute approximate surface area is 131 Å². The molecule has 0 aromatic heterocycles. The first kappa shape index (κ1) is 17.0. The zero-order valence-electron chi connectivity index (χ0n) is 12.2. The van der Waals surface area contributed by atoms with Crippen LogP contribution in [-0.2, 0) is 19.7 Å². The highest BCUT2D eigenvalue weighted by molar-refractivity contribution is 7.96. The molecule has 8 heteroatoms. The molecule has 0 bridgehead atoms. The molecule has 2 atom stereocenters. The first-order valence-corrected chi connectivity index (χ1v) is 10.1. The molecule has 22 heavy (non-hydrogen) atoms. The van der Waals surface area contributed by atoms with E-state index < -0.39 is 31.0 Å². The van der Waals surface area contributed by atoms with E-state index in [4.69, 9.17) is 4.74 Å². The molecule has 1 aromatic rings. The number of nitrogens with one attached hydrogen (secondary N) is 1. The minimum Gasteiger partial charge on any atom is -0.497 e. The van der Waals surface area contributed by atoms with Crippen LogP contribution in [-0.4, -0.2) is 53.3 Å². The summed E-state index contributed by atoms with van der Waals surface area (Å²) >= 11 is 0. The van der Waals surface area contributed by atoms with Crippen LogP contribution >= 0.6 is 0 Å². The molecule has 0 amide bonds. The van der Waals surface area contributed by atoms with Crippen molar-refractivity contribution in [2.45, 2.75) is 16.2 Å². The summed E-state index contributed by atoms with van der Waals surface area (Å²) in [7, 11) is -5.64. The van der Waals surface area contributed by atoms with Crippen LogP contribution in [0.25, 0.3) is 0 Å². The minimum atomic E-state index is -3.75. The number of hydrogen-bond acceptors (Lipinski definition) is 6. The van der Waals surface area contributed by atoms with E-state index in [2.05, 4.69) is 11.9 Å². The third-order valence-electron chi connectivity index (χ3n) is 3.61. The zero-order chi connectivity index (χ0) is 16.4. The molecule has 1 saturated heterocycles. The summed E-state index contributed by atoms with van der Waals surface area (Å²) in [5.74, 6) is -0.00354. The Hall–Kier alpha value is -1.38. The van der Waals surface area contributed by atoms with Crippen molar-refractivity contribution in [3.8, 4) is 5.75 Å². The van der Waals surface area contributed by atoms with Crippen LogP contribution in [0.3, 0.4) is 0 Å². The Morgan fingerprint density at radius 2 is 1.95 bits per heavy atom. The molecular weight excluding hydrogens is 326 g/mol. The Kier molecular flexibility index (Phi) is 4.93. The fraction of sp³-hybridized carbons (Fsp3) is 0.429. The number of methoxy groups -OCH3 is 1. The highest BCUT2D eigenvalue weighted by Gasteiger charge is 2.45. The molecule has 1 aliphatic heterocycles. The molecule has 2 rings (SSSR count). The first-order chi connectivity index (χ1) is 10.3. The fourth-order valence-electron chi connectivity index (χ4n) is 2.49. The van der Waals surface area contributed by atoms with Crippen molar-refractivity contribution < 1.29 is 21.6 Å².